The molecule has 4 unspecified atom stereocenters. The molecule has 0 aliphatic heterocycles. The van der Waals surface area contributed by atoms with E-state index in [9.17, 15) is 13.6 Å². The van der Waals surface area contributed by atoms with Crippen molar-refractivity contribution in [3.63, 3.8) is 0 Å². The van der Waals surface area contributed by atoms with Crippen LogP contribution in [0, 0.1) is 23.5 Å². The Hall–Kier alpha value is -1.49. The third kappa shape index (κ3) is 3.00. The van der Waals surface area contributed by atoms with E-state index in [2.05, 4.69) is 5.32 Å². The van der Waals surface area contributed by atoms with Crippen molar-refractivity contribution in [1.29, 1.82) is 0 Å². The summed E-state index contributed by atoms with van der Waals surface area (Å²) in [5, 5.41) is 3.06. The fourth-order valence-corrected chi connectivity index (χ4v) is 3.64. The van der Waals surface area contributed by atoms with Crippen LogP contribution in [0.3, 0.4) is 0 Å². The molecule has 3 nitrogen and oxygen atoms in total. The summed E-state index contributed by atoms with van der Waals surface area (Å²) in [6.45, 7) is 0.570. The van der Waals surface area contributed by atoms with Crippen LogP contribution in [0.25, 0.3) is 0 Å². The van der Waals surface area contributed by atoms with Crippen molar-refractivity contribution in [3.05, 3.63) is 35.4 Å². The lowest BCUT2D eigenvalue weighted by molar-refractivity contribution is -0.123. The maximum atomic E-state index is 13.8. The number of rotatable bonds is 4. The highest BCUT2D eigenvalue weighted by molar-refractivity contribution is 5.83. The first-order valence-electron chi connectivity index (χ1n) is 8.06. The summed E-state index contributed by atoms with van der Waals surface area (Å²) in [4.78, 5) is 12.3. The summed E-state index contributed by atoms with van der Waals surface area (Å²) in [5.74, 6) is -1.53. The normalized spacial score (nSPS) is 30.9. The molecule has 1 aromatic carbocycles. The summed E-state index contributed by atoms with van der Waals surface area (Å²) in [7, 11) is 0. The van der Waals surface area contributed by atoms with Crippen molar-refractivity contribution in [2.75, 3.05) is 6.54 Å². The van der Waals surface area contributed by atoms with E-state index >= 15 is 0 Å². The van der Waals surface area contributed by atoms with Crippen molar-refractivity contribution < 1.29 is 13.6 Å². The molecule has 1 amide bonds. The minimum atomic E-state index is -0.558. The Kier molecular flexibility index (Phi) is 4.43. The summed E-state index contributed by atoms with van der Waals surface area (Å²) in [6, 6.07) is 3.95. The van der Waals surface area contributed by atoms with E-state index in [-0.39, 0.29) is 29.3 Å². The predicted molar refractivity (Wildman–Crippen MR) is 80.1 cm³/mol. The monoisotopic (exact) mass is 308 g/mol. The smallest absolute Gasteiger partial charge is 0.223 e. The Morgan fingerprint density at radius 2 is 1.91 bits per heavy atom. The van der Waals surface area contributed by atoms with Crippen LogP contribution in [0.4, 0.5) is 8.78 Å². The summed E-state index contributed by atoms with van der Waals surface area (Å²) in [5.41, 5.74) is 5.83. The van der Waals surface area contributed by atoms with Crippen LogP contribution in [-0.4, -0.2) is 18.5 Å². The van der Waals surface area contributed by atoms with Crippen LogP contribution in [0.5, 0.6) is 0 Å². The number of hydrogen-bond donors (Lipinski definition) is 2. The van der Waals surface area contributed by atoms with Crippen LogP contribution < -0.4 is 11.1 Å². The number of carbonyl (C=O) groups excluding carboxylic acids is 1. The van der Waals surface area contributed by atoms with Gasteiger partial charge >= 0.3 is 0 Å². The van der Waals surface area contributed by atoms with Crippen LogP contribution in [0.15, 0.2) is 18.2 Å². The lowest BCUT2D eigenvalue weighted by Gasteiger charge is -2.31. The maximum Gasteiger partial charge on any atom is 0.223 e. The van der Waals surface area contributed by atoms with Gasteiger partial charge in [0.1, 0.15) is 11.6 Å². The fourth-order valence-electron chi connectivity index (χ4n) is 3.64. The molecule has 0 heterocycles. The maximum absolute atomic E-state index is 13.8. The van der Waals surface area contributed by atoms with E-state index in [1.807, 2.05) is 0 Å². The first kappa shape index (κ1) is 15.4. The van der Waals surface area contributed by atoms with Crippen LogP contribution in [0.2, 0.25) is 0 Å². The Bertz CT molecular complexity index is 543. The average Bonchev–Trinajstić information content (AvgIpc) is 3.28. The molecular weight excluding hydrogens is 286 g/mol. The minimum absolute atomic E-state index is 0.0571. The van der Waals surface area contributed by atoms with Gasteiger partial charge in [0, 0.05) is 23.4 Å². The highest BCUT2D eigenvalue weighted by atomic mass is 19.1. The van der Waals surface area contributed by atoms with E-state index in [0.29, 0.717) is 18.9 Å². The zero-order valence-corrected chi connectivity index (χ0v) is 12.5. The summed E-state index contributed by atoms with van der Waals surface area (Å²) >= 11 is 0. The lowest BCUT2D eigenvalue weighted by Crippen LogP contribution is -2.45. The van der Waals surface area contributed by atoms with Gasteiger partial charge in [0.05, 0.1) is 0 Å². The van der Waals surface area contributed by atoms with Crippen molar-refractivity contribution >= 4 is 5.91 Å². The molecule has 0 saturated heterocycles. The molecule has 3 N–H and O–H groups in total. The molecule has 1 aromatic rings. The second kappa shape index (κ2) is 6.32. The third-order valence-electron chi connectivity index (χ3n) is 5.04. The van der Waals surface area contributed by atoms with Gasteiger partial charge in [0.25, 0.3) is 0 Å². The van der Waals surface area contributed by atoms with Gasteiger partial charge < -0.3 is 11.1 Å². The number of carbonyl (C=O) groups is 1. The number of nitrogens with two attached hydrogens (primary N) is 1. The molecule has 0 bridgehead atoms. The number of amides is 1. The third-order valence-corrected chi connectivity index (χ3v) is 5.04. The van der Waals surface area contributed by atoms with E-state index in [1.165, 1.54) is 18.2 Å². The fraction of sp³-hybridized carbons (Fsp3) is 0.588. The average molecular weight is 308 g/mol. The lowest BCUT2D eigenvalue weighted by atomic mass is 9.84. The molecule has 0 spiro atoms. The Morgan fingerprint density at radius 3 is 2.59 bits per heavy atom. The van der Waals surface area contributed by atoms with Gasteiger partial charge in [-0.15, -0.1) is 0 Å². The highest BCUT2D eigenvalue weighted by Gasteiger charge is 2.47. The summed E-state index contributed by atoms with van der Waals surface area (Å²) in [6.07, 6.45) is 4.75. The largest absolute Gasteiger partial charge is 0.353 e. The first-order chi connectivity index (χ1) is 10.6. The van der Waals surface area contributed by atoms with E-state index in [1.54, 1.807) is 0 Å². The zero-order valence-electron chi connectivity index (χ0n) is 12.5. The molecule has 22 heavy (non-hydrogen) atoms. The second-order valence-corrected chi connectivity index (χ2v) is 6.48. The molecule has 2 saturated carbocycles. The molecule has 0 aromatic heterocycles. The topological polar surface area (TPSA) is 55.1 Å². The van der Waals surface area contributed by atoms with Crippen LogP contribution in [0.1, 0.15) is 43.6 Å². The highest BCUT2D eigenvalue weighted by Crippen LogP contribution is 2.49. The van der Waals surface area contributed by atoms with Crippen molar-refractivity contribution in [3.8, 4) is 0 Å². The number of benzene rings is 1. The molecule has 3 rings (SSSR count). The number of nitrogens with one attached hydrogen (secondary N) is 1. The molecule has 2 aliphatic carbocycles. The van der Waals surface area contributed by atoms with E-state index < -0.39 is 11.6 Å². The van der Waals surface area contributed by atoms with Gasteiger partial charge in [-0.1, -0.05) is 18.9 Å². The molecule has 2 aliphatic rings. The van der Waals surface area contributed by atoms with E-state index in [0.717, 1.165) is 25.7 Å². The molecule has 4 atom stereocenters. The second-order valence-electron chi connectivity index (χ2n) is 6.48. The summed E-state index contributed by atoms with van der Waals surface area (Å²) < 4.78 is 27.5. The first-order valence-corrected chi connectivity index (χ1v) is 8.06. The van der Waals surface area contributed by atoms with Gasteiger partial charge in [-0.2, -0.15) is 0 Å². The zero-order chi connectivity index (χ0) is 15.7. The van der Waals surface area contributed by atoms with E-state index in [4.69, 9.17) is 5.73 Å². The van der Waals surface area contributed by atoms with Crippen LogP contribution >= 0.6 is 0 Å². The SMILES string of the molecule is NCC1CCCCC1NC(=O)C1CC1c1c(F)cccc1F. The van der Waals surface area contributed by atoms with Gasteiger partial charge in [-0.25, -0.2) is 8.78 Å². The van der Waals surface area contributed by atoms with Crippen LogP contribution in [-0.2, 0) is 4.79 Å². The predicted octanol–water partition coefficient (Wildman–Crippen LogP) is 2.70. The molecule has 0 radical (unpaired) electrons. The minimum Gasteiger partial charge on any atom is -0.353 e. The number of halogens is 2. The standard InChI is InChI=1S/C17H22F2N2O/c18-13-5-3-6-14(19)16(13)11-8-12(11)17(22)21-15-7-2-1-4-10(15)9-20/h3,5-6,10-12,15H,1-2,4,7-9,20H2,(H,21,22). The van der Waals surface area contributed by atoms with Crippen molar-refractivity contribution in [1.82, 2.24) is 5.32 Å². The Balaban J connectivity index is 1.63. The quantitative estimate of drug-likeness (QED) is 0.898. The number of hydrogen-bond acceptors (Lipinski definition) is 2. The van der Waals surface area contributed by atoms with Gasteiger partial charge in [0.15, 0.2) is 0 Å². The van der Waals surface area contributed by atoms with Crippen molar-refractivity contribution in [2.24, 2.45) is 17.6 Å². The molecule has 2 fully saturated rings. The van der Waals surface area contributed by atoms with Gasteiger partial charge in [-0.05, 0) is 43.9 Å². The Labute approximate surface area is 129 Å². The molecule has 5 heteroatoms. The van der Waals surface area contributed by atoms with Gasteiger partial charge in [-0.3, -0.25) is 4.79 Å². The van der Waals surface area contributed by atoms with Gasteiger partial charge in [0.2, 0.25) is 5.91 Å². The Morgan fingerprint density at radius 1 is 1.23 bits per heavy atom. The molecular formula is C17H22F2N2O. The van der Waals surface area contributed by atoms with Crippen molar-refractivity contribution in [2.45, 2.75) is 44.1 Å². The molecule has 120 valence electrons.